The van der Waals surface area contributed by atoms with Crippen molar-refractivity contribution < 1.29 is 27.5 Å². The van der Waals surface area contributed by atoms with Crippen molar-refractivity contribution in [2.24, 2.45) is 17.1 Å². The Morgan fingerprint density at radius 1 is 1.28 bits per heavy atom. The van der Waals surface area contributed by atoms with E-state index < -0.39 is 35.1 Å². The van der Waals surface area contributed by atoms with E-state index in [0.717, 1.165) is 6.92 Å². The van der Waals surface area contributed by atoms with Gasteiger partial charge in [0, 0.05) is 0 Å². The predicted octanol–water partition coefficient (Wildman–Crippen LogP) is 4.47. The molecule has 0 radical (unpaired) electrons. The second kappa shape index (κ2) is 8.14. The van der Waals surface area contributed by atoms with E-state index in [0.29, 0.717) is 24.8 Å². The fourth-order valence-electron chi connectivity index (χ4n) is 2.81. The van der Waals surface area contributed by atoms with Gasteiger partial charge < -0.3 is 15.8 Å². The number of nitrogens with one attached hydrogen (secondary N) is 1. The molecular formula is C20H26ClF3N2O3. The summed E-state index contributed by atoms with van der Waals surface area (Å²) < 4.78 is 43.9. The zero-order valence-corrected chi connectivity index (χ0v) is 17.6. The van der Waals surface area contributed by atoms with Crippen LogP contribution in [0, 0.1) is 11.3 Å². The lowest BCUT2D eigenvalue weighted by Crippen LogP contribution is -2.46. The van der Waals surface area contributed by atoms with E-state index in [-0.39, 0.29) is 16.7 Å². The van der Waals surface area contributed by atoms with Crippen LogP contribution in [0.25, 0.3) is 0 Å². The van der Waals surface area contributed by atoms with Crippen LogP contribution in [0.3, 0.4) is 0 Å². The van der Waals surface area contributed by atoms with Crippen LogP contribution >= 0.6 is 11.6 Å². The number of nitrogens with two attached hydrogens (primary N) is 1. The topological polar surface area (TPSA) is 81.4 Å². The SMILES string of the molecule is C[C@H]([C@@H](N)C(=O)Nc1cc(CC2(C(=O)OC(C)(C)C)CC2)ccc1Cl)C(F)(F)F. The minimum absolute atomic E-state index is 0.152. The average molecular weight is 435 g/mol. The Hall–Kier alpha value is -1.80. The molecule has 1 aromatic rings. The molecular weight excluding hydrogens is 409 g/mol. The number of rotatable bonds is 6. The van der Waals surface area contributed by atoms with Crippen molar-refractivity contribution in [1.29, 1.82) is 0 Å². The predicted molar refractivity (Wildman–Crippen MR) is 104 cm³/mol. The van der Waals surface area contributed by atoms with Crippen LogP contribution in [0.15, 0.2) is 18.2 Å². The van der Waals surface area contributed by atoms with E-state index in [1.807, 2.05) is 0 Å². The molecule has 29 heavy (non-hydrogen) atoms. The number of benzene rings is 1. The van der Waals surface area contributed by atoms with Crippen molar-refractivity contribution in [3.05, 3.63) is 28.8 Å². The van der Waals surface area contributed by atoms with Gasteiger partial charge in [0.1, 0.15) is 5.60 Å². The van der Waals surface area contributed by atoms with Gasteiger partial charge in [-0.05, 0) is 57.7 Å². The zero-order chi connectivity index (χ0) is 22.2. The summed E-state index contributed by atoms with van der Waals surface area (Å²) in [5.74, 6) is -3.28. The standard InChI is InChI=1S/C20H26ClF3N2O3/c1-11(20(22,23)24)15(25)16(27)26-14-9-12(5-6-13(14)21)10-19(7-8-19)17(28)29-18(2,3)4/h5-6,9,11,15H,7-8,10,25H2,1-4H3,(H,26,27)/t11-,15-/m1/s1. The Morgan fingerprint density at radius 3 is 2.34 bits per heavy atom. The number of alkyl halides is 3. The maximum absolute atomic E-state index is 12.8. The number of carbonyl (C=O) groups is 2. The van der Waals surface area contributed by atoms with Gasteiger partial charge in [-0.3, -0.25) is 9.59 Å². The fraction of sp³-hybridized carbons (Fsp3) is 0.600. The first-order valence-corrected chi connectivity index (χ1v) is 9.67. The van der Waals surface area contributed by atoms with Gasteiger partial charge in [0.25, 0.3) is 0 Å². The molecule has 0 aromatic heterocycles. The van der Waals surface area contributed by atoms with E-state index in [4.69, 9.17) is 22.1 Å². The van der Waals surface area contributed by atoms with Crippen molar-refractivity contribution in [3.63, 3.8) is 0 Å². The van der Waals surface area contributed by atoms with Crippen LogP contribution in [-0.2, 0) is 20.7 Å². The monoisotopic (exact) mass is 434 g/mol. The highest BCUT2D eigenvalue weighted by Crippen LogP contribution is 2.50. The first-order valence-electron chi connectivity index (χ1n) is 9.30. The van der Waals surface area contributed by atoms with Gasteiger partial charge in [0.2, 0.25) is 5.91 Å². The molecule has 2 atom stereocenters. The summed E-state index contributed by atoms with van der Waals surface area (Å²) in [4.78, 5) is 24.7. The molecule has 162 valence electrons. The quantitative estimate of drug-likeness (QED) is 0.647. The van der Waals surface area contributed by atoms with Gasteiger partial charge in [-0.2, -0.15) is 13.2 Å². The number of halogens is 4. The van der Waals surface area contributed by atoms with Gasteiger partial charge in [-0.1, -0.05) is 24.6 Å². The van der Waals surface area contributed by atoms with E-state index in [1.165, 1.54) is 6.07 Å². The maximum atomic E-state index is 12.8. The minimum atomic E-state index is -4.59. The number of anilines is 1. The van der Waals surface area contributed by atoms with Gasteiger partial charge in [-0.25, -0.2) is 0 Å². The van der Waals surface area contributed by atoms with Gasteiger partial charge in [0.05, 0.1) is 28.1 Å². The number of amides is 1. The van der Waals surface area contributed by atoms with Crippen LogP contribution in [0.5, 0.6) is 0 Å². The third-order valence-corrected chi connectivity index (χ3v) is 5.20. The molecule has 0 saturated heterocycles. The normalized spacial score (nSPS) is 18.0. The molecule has 0 aliphatic heterocycles. The van der Waals surface area contributed by atoms with Crippen molar-refractivity contribution in [3.8, 4) is 0 Å². The summed E-state index contributed by atoms with van der Waals surface area (Å²) in [6, 6.07) is 3.01. The lowest BCUT2D eigenvalue weighted by molar-refractivity contribution is -0.176. The van der Waals surface area contributed by atoms with Crippen molar-refractivity contribution >= 4 is 29.2 Å². The average Bonchev–Trinajstić information content (AvgIpc) is 3.35. The number of carbonyl (C=O) groups excluding carboxylic acids is 2. The Balaban J connectivity index is 2.12. The summed E-state index contributed by atoms with van der Waals surface area (Å²) in [5.41, 5.74) is 5.10. The summed E-state index contributed by atoms with van der Waals surface area (Å²) in [5, 5.41) is 2.53. The number of ether oxygens (including phenoxy) is 1. The summed E-state index contributed by atoms with van der Waals surface area (Å²) >= 11 is 6.08. The van der Waals surface area contributed by atoms with Gasteiger partial charge in [-0.15, -0.1) is 0 Å². The van der Waals surface area contributed by atoms with E-state index in [2.05, 4.69) is 5.32 Å². The zero-order valence-electron chi connectivity index (χ0n) is 16.8. The van der Waals surface area contributed by atoms with Crippen molar-refractivity contribution in [2.45, 2.75) is 64.8 Å². The molecule has 1 fully saturated rings. The van der Waals surface area contributed by atoms with Crippen LogP contribution < -0.4 is 11.1 Å². The Kier molecular flexibility index (Phi) is 6.59. The minimum Gasteiger partial charge on any atom is -0.460 e. The van der Waals surface area contributed by atoms with Crippen LogP contribution in [-0.4, -0.2) is 29.7 Å². The molecule has 0 heterocycles. The fourth-order valence-corrected chi connectivity index (χ4v) is 2.97. The molecule has 9 heteroatoms. The second-order valence-electron chi connectivity index (χ2n) is 8.62. The molecule has 1 aromatic carbocycles. The molecule has 3 N–H and O–H groups in total. The first kappa shape index (κ1) is 23.5. The highest BCUT2D eigenvalue weighted by molar-refractivity contribution is 6.33. The summed E-state index contributed by atoms with van der Waals surface area (Å²) in [6.07, 6.45) is -2.85. The molecule has 1 saturated carbocycles. The Morgan fingerprint density at radius 2 is 1.86 bits per heavy atom. The third kappa shape index (κ3) is 6.09. The summed E-state index contributed by atoms with van der Waals surface area (Å²) in [6.45, 7) is 6.23. The molecule has 1 aliphatic carbocycles. The first-order chi connectivity index (χ1) is 13.1. The largest absolute Gasteiger partial charge is 0.460 e. The third-order valence-electron chi connectivity index (χ3n) is 4.87. The number of hydrogen-bond donors (Lipinski definition) is 2. The van der Waals surface area contributed by atoms with E-state index in [9.17, 15) is 22.8 Å². The van der Waals surface area contributed by atoms with Crippen molar-refractivity contribution in [1.82, 2.24) is 0 Å². The maximum Gasteiger partial charge on any atom is 0.393 e. The second-order valence-corrected chi connectivity index (χ2v) is 9.03. The van der Waals surface area contributed by atoms with Gasteiger partial charge >= 0.3 is 12.1 Å². The van der Waals surface area contributed by atoms with Crippen LogP contribution in [0.2, 0.25) is 5.02 Å². The van der Waals surface area contributed by atoms with E-state index in [1.54, 1.807) is 32.9 Å². The molecule has 0 unspecified atom stereocenters. The highest BCUT2D eigenvalue weighted by Gasteiger charge is 2.52. The van der Waals surface area contributed by atoms with E-state index >= 15 is 0 Å². The lowest BCUT2D eigenvalue weighted by Gasteiger charge is -2.24. The molecule has 1 aliphatic rings. The number of esters is 1. The summed E-state index contributed by atoms with van der Waals surface area (Å²) in [7, 11) is 0. The lowest BCUT2D eigenvalue weighted by atomic mass is 9.95. The smallest absolute Gasteiger partial charge is 0.393 e. The molecule has 2 rings (SSSR count). The number of hydrogen-bond acceptors (Lipinski definition) is 4. The van der Waals surface area contributed by atoms with Gasteiger partial charge in [0.15, 0.2) is 0 Å². The Bertz CT molecular complexity index is 786. The van der Waals surface area contributed by atoms with Crippen LogP contribution in [0.1, 0.15) is 46.1 Å². The Labute approximate surface area is 173 Å². The van der Waals surface area contributed by atoms with Crippen molar-refractivity contribution in [2.75, 3.05) is 5.32 Å². The molecule has 0 bridgehead atoms. The highest BCUT2D eigenvalue weighted by atomic mass is 35.5. The molecule has 1 amide bonds. The molecule has 5 nitrogen and oxygen atoms in total. The van der Waals surface area contributed by atoms with Crippen LogP contribution in [0.4, 0.5) is 18.9 Å². The molecule has 0 spiro atoms.